The highest BCUT2D eigenvalue weighted by atomic mass is 32.1. The van der Waals surface area contributed by atoms with Gasteiger partial charge in [-0.3, -0.25) is 0 Å². The molecule has 24 heavy (non-hydrogen) atoms. The van der Waals surface area contributed by atoms with Crippen LogP contribution in [0.5, 0.6) is 0 Å². The number of nitrogens with zero attached hydrogens (tertiary/aromatic N) is 3. The van der Waals surface area contributed by atoms with Gasteiger partial charge in [0.1, 0.15) is 15.7 Å². The average Bonchev–Trinajstić information content (AvgIpc) is 3.03. The van der Waals surface area contributed by atoms with Crippen molar-refractivity contribution in [3.05, 3.63) is 44.7 Å². The SMILES string of the molecule is CCCc1nc2cc(C)c(C)cc2n1Cc1nc(C)c(C(=O)O)s1. The maximum atomic E-state index is 11.3. The average molecular weight is 343 g/mol. The molecule has 0 aliphatic carbocycles. The van der Waals surface area contributed by atoms with Gasteiger partial charge < -0.3 is 9.67 Å². The Hall–Kier alpha value is -2.21. The molecule has 2 heterocycles. The Labute approximate surface area is 145 Å². The van der Waals surface area contributed by atoms with Crippen LogP contribution in [-0.2, 0) is 13.0 Å². The molecule has 126 valence electrons. The van der Waals surface area contributed by atoms with Crippen LogP contribution in [0.25, 0.3) is 11.0 Å². The first kappa shape index (κ1) is 16.6. The molecule has 0 amide bonds. The van der Waals surface area contributed by atoms with Crippen molar-refractivity contribution in [2.75, 3.05) is 0 Å². The second-order valence-corrected chi connectivity index (χ2v) is 7.20. The number of imidazole rings is 1. The Balaban J connectivity index is 2.10. The molecule has 6 heteroatoms. The molecule has 0 bridgehead atoms. The van der Waals surface area contributed by atoms with Crippen molar-refractivity contribution in [1.29, 1.82) is 0 Å². The molecule has 3 aromatic rings. The van der Waals surface area contributed by atoms with Crippen molar-refractivity contribution in [3.63, 3.8) is 0 Å². The lowest BCUT2D eigenvalue weighted by Crippen LogP contribution is -2.05. The monoisotopic (exact) mass is 343 g/mol. The summed E-state index contributed by atoms with van der Waals surface area (Å²) in [6, 6.07) is 4.28. The van der Waals surface area contributed by atoms with Gasteiger partial charge in [0.15, 0.2) is 0 Å². The van der Waals surface area contributed by atoms with E-state index in [0.29, 0.717) is 17.1 Å². The van der Waals surface area contributed by atoms with E-state index < -0.39 is 5.97 Å². The summed E-state index contributed by atoms with van der Waals surface area (Å²) in [7, 11) is 0. The van der Waals surface area contributed by atoms with E-state index in [-0.39, 0.29) is 0 Å². The molecule has 0 saturated heterocycles. The van der Waals surface area contributed by atoms with E-state index in [2.05, 4.69) is 42.5 Å². The van der Waals surface area contributed by atoms with Crippen molar-refractivity contribution in [2.24, 2.45) is 0 Å². The van der Waals surface area contributed by atoms with Crippen LogP contribution in [0, 0.1) is 20.8 Å². The lowest BCUT2D eigenvalue weighted by atomic mass is 10.1. The molecular formula is C18H21N3O2S. The van der Waals surface area contributed by atoms with E-state index in [1.165, 1.54) is 22.5 Å². The topological polar surface area (TPSA) is 68.0 Å². The standard InChI is InChI=1S/C18H21N3O2S/c1-5-6-15-20-13-7-10(2)11(3)8-14(13)21(15)9-16-19-12(4)17(24-16)18(22)23/h7-8H,5-6,9H2,1-4H3,(H,22,23). The highest BCUT2D eigenvalue weighted by Crippen LogP contribution is 2.25. The number of aromatic carboxylic acids is 1. The van der Waals surface area contributed by atoms with Crippen molar-refractivity contribution in [3.8, 4) is 0 Å². The first-order valence-corrected chi connectivity index (χ1v) is 8.88. The Kier molecular flexibility index (Phi) is 4.41. The van der Waals surface area contributed by atoms with Crippen molar-refractivity contribution in [2.45, 2.75) is 47.1 Å². The second kappa shape index (κ2) is 6.36. The fourth-order valence-corrected chi connectivity index (χ4v) is 3.77. The van der Waals surface area contributed by atoms with E-state index in [9.17, 15) is 9.90 Å². The molecule has 0 radical (unpaired) electrons. The summed E-state index contributed by atoms with van der Waals surface area (Å²) in [5, 5.41) is 10.0. The number of fused-ring (bicyclic) bond motifs is 1. The Morgan fingerprint density at radius 1 is 1.21 bits per heavy atom. The van der Waals surface area contributed by atoms with E-state index in [1.54, 1.807) is 6.92 Å². The molecule has 1 aromatic carbocycles. The summed E-state index contributed by atoms with van der Waals surface area (Å²) in [6.45, 7) is 8.64. The van der Waals surface area contributed by atoms with Gasteiger partial charge in [0, 0.05) is 6.42 Å². The third kappa shape index (κ3) is 2.94. The molecule has 0 atom stereocenters. The van der Waals surface area contributed by atoms with Crippen LogP contribution in [0.15, 0.2) is 12.1 Å². The number of aryl methyl sites for hydroxylation is 4. The minimum Gasteiger partial charge on any atom is -0.477 e. The van der Waals surface area contributed by atoms with Crippen LogP contribution >= 0.6 is 11.3 Å². The predicted octanol–water partition coefficient (Wildman–Crippen LogP) is 4.12. The minimum absolute atomic E-state index is 0.318. The lowest BCUT2D eigenvalue weighted by Gasteiger charge is -2.07. The van der Waals surface area contributed by atoms with Crippen molar-refractivity contribution in [1.82, 2.24) is 14.5 Å². The number of carbonyl (C=O) groups is 1. The number of carboxylic acid groups (broad SMARTS) is 1. The molecule has 2 aromatic heterocycles. The third-order valence-electron chi connectivity index (χ3n) is 4.24. The molecule has 1 N–H and O–H groups in total. The summed E-state index contributed by atoms with van der Waals surface area (Å²) in [6.07, 6.45) is 1.90. The molecule has 3 rings (SSSR count). The number of hydrogen-bond acceptors (Lipinski definition) is 4. The van der Waals surface area contributed by atoms with Gasteiger partial charge in [-0.2, -0.15) is 0 Å². The first-order valence-electron chi connectivity index (χ1n) is 8.06. The van der Waals surface area contributed by atoms with Gasteiger partial charge in [-0.1, -0.05) is 6.92 Å². The zero-order chi connectivity index (χ0) is 17.4. The summed E-state index contributed by atoms with van der Waals surface area (Å²) >= 11 is 1.25. The molecule has 5 nitrogen and oxygen atoms in total. The number of rotatable bonds is 5. The van der Waals surface area contributed by atoms with E-state index >= 15 is 0 Å². The summed E-state index contributed by atoms with van der Waals surface area (Å²) in [5.74, 6) is 0.120. The maximum absolute atomic E-state index is 11.3. The van der Waals surface area contributed by atoms with Crippen LogP contribution in [-0.4, -0.2) is 25.6 Å². The molecule has 0 aliphatic rings. The van der Waals surface area contributed by atoms with Gasteiger partial charge in [0.25, 0.3) is 0 Å². The predicted molar refractivity (Wildman–Crippen MR) is 96.1 cm³/mol. The Morgan fingerprint density at radius 3 is 2.54 bits per heavy atom. The fourth-order valence-electron chi connectivity index (χ4n) is 2.87. The number of carboxylic acids is 1. The summed E-state index contributed by atoms with van der Waals surface area (Å²) in [5.41, 5.74) is 5.12. The van der Waals surface area contributed by atoms with Gasteiger partial charge >= 0.3 is 5.97 Å². The van der Waals surface area contributed by atoms with E-state index in [0.717, 1.165) is 34.7 Å². The number of hydrogen-bond donors (Lipinski definition) is 1. The van der Waals surface area contributed by atoms with Crippen LogP contribution in [0.2, 0.25) is 0 Å². The van der Waals surface area contributed by atoms with Crippen LogP contribution in [0.3, 0.4) is 0 Å². The zero-order valence-electron chi connectivity index (χ0n) is 14.4. The summed E-state index contributed by atoms with van der Waals surface area (Å²) < 4.78 is 2.18. The summed E-state index contributed by atoms with van der Waals surface area (Å²) in [4.78, 5) is 20.8. The lowest BCUT2D eigenvalue weighted by molar-refractivity contribution is 0.0701. The van der Waals surface area contributed by atoms with Gasteiger partial charge in [0.05, 0.1) is 23.3 Å². The number of thiazole rings is 1. The Morgan fingerprint density at radius 2 is 1.92 bits per heavy atom. The molecular weight excluding hydrogens is 322 g/mol. The molecule has 0 spiro atoms. The smallest absolute Gasteiger partial charge is 0.347 e. The molecule has 0 unspecified atom stereocenters. The van der Waals surface area contributed by atoms with Crippen molar-refractivity contribution < 1.29 is 9.90 Å². The van der Waals surface area contributed by atoms with Crippen LogP contribution in [0.4, 0.5) is 0 Å². The largest absolute Gasteiger partial charge is 0.477 e. The number of benzene rings is 1. The number of aromatic nitrogens is 3. The highest BCUT2D eigenvalue weighted by molar-refractivity contribution is 7.13. The first-order chi connectivity index (χ1) is 11.4. The van der Waals surface area contributed by atoms with Gasteiger partial charge in [-0.05, 0) is 50.5 Å². The van der Waals surface area contributed by atoms with E-state index in [4.69, 9.17) is 4.98 Å². The highest BCUT2D eigenvalue weighted by Gasteiger charge is 2.17. The normalized spacial score (nSPS) is 11.3. The van der Waals surface area contributed by atoms with Crippen LogP contribution in [0.1, 0.15) is 50.7 Å². The quantitative estimate of drug-likeness (QED) is 0.757. The fraction of sp³-hybridized carbons (Fsp3) is 0.389. The Bertz CT molecular complexity index is 924. The van der Waals surface area contributed by atoms with Gasteiger partial charge in [-0.25, -0.2) is 14.8 Å². The van der Waals surface area contributed by atoms with Gasteiger partial charge in [-0.15, -0.1) is 11.3 Å². The van der Waals surface area contributed by atoms with Crippen molar-refractivity contribution >= 4 is 28.3 Å². The van der Waals surface area contributed by atoms with E-state index in [1.807, 2.05) is 0 Å². The maximum Gasteiger partial charge on any atom is 0.347 e. The molecule has 0 aliphatic heterocycles. The van der Waals surface area contributed by atoms with Crippen LogP contribution < -0.4 is 0 Å². The second-order valence-electron chi connectivity index (χ2n) is 6.12. The molecule has 0 fully saturated rings. The molecule has 0 saturated carbocycles. The minimum atomic E-state index is -0.910. The van der Waals surface area contributed by atoms with Gasteiger partial charge in [0.2, 0.25) is 0 Å². The zero-order valence-corrected chi connectivity index (χ0v) is 15.2. The third-order valence-corrected chi connectivity index (χ3v) is 5.38.